The zero-order valence-electron chi connectivity index (χ0n) is 21.7. The fourth-order valence-corrected chi connectivity index (χ4v) is 4.11. The summed E-state index contributed by atoms with van der Waals surface area (Å²) in [5.41, 5.74) is 5.05. The quantitative estimate of drug-likeness (QED) is 0.523. The van der Waals surface area contributed by atoms with Crippen LogP contribution in [0.3, 0.4) is 0 Å². The summed E-state index contributed by atoms with van der Waals surface area (Å²) >= 11 is 0. The predicted octanol–water partition coefficient (Wildman–Crippen LogP) is 6.80. The van der Waals surface area contributed by atoms with Crippen LogP contribution in [0.4, 0.5) is 0 Å². The van der Waals surface area contributed by atoms with Crippen LogP contribution in [0.5, 0.6) is 0 Å². The minimum Gasteiger partial charge on any atom is -0.299 e. The Balaban J connectivity index is 0.000000277. The van der Waals surface area contributed by atoms with Crippen LogP contribution in [0.15, 0.2) is 36.7 Å². The van der Waals surface area contributed by atoms with Crippen LogP contribution in [0.1, 0.15) is 88.7 Å². The van der Waals surface area contributed by atoms with E-state index in [0.29, 0.717) is 0 Å². The van der Waals surface area contributed by atoms with E-state index in [1.54, 1.807) is 0 Å². The fraction of sp³-hybridized carbons (Fsp3) is 0.643. The molecule has 32 heavy (non-hydrogen) atoms. The number of rotatable bonds is 4. The third kappa shape index (κ3) is 11.7. The van der Waals surface area contributed by atoms with Crippen LogP contribution in [0, 0.1) is 13.8 Å². The molecule has 0 N–H and O–H groups in total. The zero-order valence-corrected chi connectivity index (χ0v) is 21.7. The molecule has 0 saturated carbocycles. The van der Waals surface area contributed by atoms with Crippen molar-refractivity contribution in [3.05, 3.63) is 59.2 Å². The van der Waals surface area contributed by atoms with Gasteiger partial charge in [-0.15, -0.1) is 0 Å². The standard InChI is InChI=1S/2C12H18N2.2C2H6/c1-11-9-12(5-6-13-11)10-14-7-3-2-4-8-14;1-11-5-6-13-12(9-11)10-14-7-3-2-4-8-14;2*1-2/h2*5-6,9H,2-4,7-8,10H2,1H3;2*1-2H3. The molecule has 2 aliphatic heterocycles. The lowest BCUT2D eigenvalue weighted by Crippen LogP contribution is -2.29. The molecule has 2 fully saturated rings. The van der Waals surface area contributed by atoms with Gasteiger partial charge in [-0.1, -0.05) is 40.5 Å². The van der Waals surface area contributed by atoms with Crippen molar-refractivity contribution in [2.75, 3.05) is 26.2 Å². The Morgan fingerprint density at radius 1 is 0.656 bits per heavy atom. The molecule has 0 atom stereocenters. The van der Waals surface area contributed by atoms with E-state index in [1.807, 2.05) is 40.1 Å². The van der Waals surface area contributed by atoms with Crippen molar-refractivity contribution in [2.45, 2.75) is 93.2 Å². The van der Waals surface area contributed by atoms with Crippen LogP contribution in [-0.4, -0.2) is 45.9 Å². The number of likely N-dealkylation sites (tertiary alicyclic amines) is 2. The van der Waals surface area contributed by atoms with E-state index in [2.05, 4.69) is 57.9 Å². The van der Waals surface area contributed by atoms with Gasteiger partial charge in [0.2, 0.25) is 0 Å². The maximum absolute atomic E-state index is 4.39. The Morgan fingerprint density at radius 2 is 1.19 bits per heavy atom. The topological polar surface area (TPSA) is 32.3 Å². The van der Waals surface area contributed by atoms with Crippen LogP contribution >= 0.6 is 0 Å². The highest BCUT2D eigenvalue weighted by atomic mass is 15.1. The van der Waals surface area contributed by atoms with E-state index >= 15 is 0 Å². The first kappa shape index (κ1) is 28.3. The van der Waals surface area contributed by atoms with E-state index in [-0.39, 0.29) is 0 Å². The number of nitrogens with zero attached hydrogens (tertiary/aromatic N) is 4. The average Bonchev–Trinajstić information content (AvgIpc) is 2.84. The zero-order chi connectivity index (χ0) is 23.6. The van der Waals surface area contributed by atoms with Gasteiger partial charge in [-0.05, 0) is 101 Å². The van der Waals surface area contributed by atoms with Crippen LogP contribution in [-0.2, 0) is 13.1 Å². The van der Waals surface area contributed by atoms with Gasteiger partial charge in [-0.25, -0.2) is 0 Å². The molecule has 2 aliphatic rings. The molecule has 2 saturated heterocycles. The molecule has 2 aromatic heterocycles. The number of aromatic nitrogens is 2. The Hall–Kier alpha value is -1.78. The normalized spacial score (nSPS) is 16.4. The van der Waals surface area contributed by atoms with Crippen LogP contribution < -0.4 is 0 Å². The average molecular weight is 441 g/mol. The van der Waals surface area contributed by atoms with E-state index in [0.717, 1.165) is 18.8 Å². The summed E-state index contributed by atoms with van der Waals surface area (Å²) in [7, 11) is 0. The van der Waals surface area contributed by atoms with Gasteiger partial charge in [0.05, 0.1) is 5.69 Å². The first-order chi connectivity index (χ1) is 15.7. The highest BCUT2D eigenvalue weighted by Gasteiger charge is 2.11. The second-order valence-electron chi connectivity index (χ2n) is 8.30. The van der Waals surface area contributed by atoms with Gasteiger partial charge in [0, 0.05) is 31.2 Å². The van der Waals surface area contributed by atoms with Crippen molar-refractivity contribution in [3.63, 3.8) is 0 Å². The van der Waals surface area contributed by atoms with Crippen LogP contribution in [0.25, 0.3) is 0 Å². The van der Waals surface area contributed by atoms with Gasteiger partial charge in [0.25, 0.3) is 0 Å². The first-order valence-corrected chi connectivity index (χ1v) is 13.0. The van der Waals surface area contributed by atoms with Crippen molar-refractivity contribution in [3.8, 4) is 0 Å². The molecular weight excluding hydrogens is 392 g/mol. The van der Waals surface area contributed by atoms with Crippen molar-refractivity contribution < 1.29 is 0 Å². The number of pyridine rings is 2. The molecule has 0 aliphatic carbocycles. The molecule has 0 unspecified atom stereocenters. The molecule has 0 amide bonds. The van der Waals surface area contributed by atoms with Gasteiger partial charge in [0.1, 0.15) is 0 Å². The van der Waals surface area contributed by atoms with E-state index < -0.39 is 0 Å². The third-order valence-electron chi connectivity index (χ3n) is 5.62. The Morgan fingerprint density at radius 3 is 1.72 bits per heavy atom. The molecule has 4 nitrogen and oxygen atoms in total. The second-order valence-corrected chi connectivity index (χ2v) is 8.30. The first-order valence-electron chi connectivity index (χ1n) is 13.0. The highest BCUT2D eigenvalue weighted by molar-refractivity contribution is 5.15. The molecule has 4 heteroatoms. The smallest absolute Gasteiger partial charge is 0.0546 e. The minimum absolute atomic E-state index is 1.03. The Bertz CT molecular complexity index is 643. The van der Waals surface area contributed by atoms with Gasteiger partial charge in [-0.2, -0.15) is 0 Å². The number of piperidine rings is 2. The lowest BCUT2D eigenvalue weighted by molar-refractivity contribution is 0.218. The third-order valence-corrected chi connectivity index (χ3v) is 5.62. The Labute approximate surface area is 198 Å². The summed E-state index contributed by atoms with van der Waals surface area (Å²) < 4.78 is 0. The lowest BCUT2D eigenvalue weighted by atomic mass is 10.1. The summed E-state index contributed by atoms with van der Waals surface area (Å²) in [6, 6.07) is 8.56. The summed E-state index contributed by atoms with van der Waals surface area (Å²) in [6.45, 7) is 19.3. The molecule has 0 bridgehead atoms. The van der Waals surface area contributed by atoms with Crippen molar-refractivity contribution in [1.29, 1.82) is 0 Å². The Kier molecular flexibility index (Phi) is 15.7. The minimum atomic E-state index is 1.03. The molecule has 4 heterocycles. The van der Waals surface area contributed by atoms with Gasteiger partial charge < -0.3 is 0 Å². The molecule has 180 valence electrons. The second kappa shape index (κ2) is 17.7. The number of hydrogen-bond donors (Lipinski definition) is 0. The van der Waals surface area contributed by atoms with E-state index in [4.69, 9.17) is 0 Å². The SMILES string of the molecule is CC.CC.Cc1cc(CN2CCCCC2)ccn1.Cc1ccnc(CN2CCCCC2)c1. The summed E-state index contributed by atoms with van der Waals surface area (Å²) in [5.74, 6) is 0. The monoisotopic (exact) mass is 440 g/mol. The maximum atomic E-state index is 4.39. The largest absolute Gasteiger partial charge is 0.299 e. The van der Waals surface area contributed by atoms with Gasteiger partial charge in [-0.3, -0.25) is 19.8 Å². The molecular formula is C28H48N4. The lowest BCUT2D eigenvalue weighted by Gasteiger charge is -2.26. The van der Waals surface area contributed by atoms with Crippen molar-refractivity contribution in [1.82, 2.24) is 19.8 Å². The fourth-order valence-electron chi connectivity index (χ4n) is 4.11. The van der Waals surface area contributed by atoms with Crippen molar-refractivity contribution in [2.24, 2.45) is 0 Å². The number of hydrogen-bond acceptors (Lipinski definition) is 4. The van der Waals surface area contributed by atoms with Gasteiger partial charge >= 0.3 is 0 Å². The molecule has 0 aromatic carbocycles. The summed E-state index contributed by atoms with van der Waals surface area (Å²) in [5, 5.41) is 0. The van der Waals surface area contributed by atoms with E-state index in [9.17, 15) is 0 Å². The molecule has 4 rings (SSSR count). The number of aryl methyl sites for hydroxylation is 2. The molecule has 0 spiro atoms. The summed E-state index contributed by atoms with van der Waals surface area (Å²) in [6.07, 6.45) is 12.1. The molecule has 0 radical (unpaired) electrons. The van der Waals surface area contributed by atoms with Crippen molar-refractivity contribution >= 4 is 0 Å². The van der Waals surface area contributed by atoms with Gasteiger partial charge in [0.15, 0.2) is 0 Å². The maximum Gasteiger partial charge on any atom is 0.0546 e. The molecule has 2 aromatic rings. The van der Waals surface area contributed by atoms with Crippen LogP contribution in [0.2, 0.25) is 0 Å². The van der Waals surface area contributed by atoms with E-state index in [1.165, 1.54) is 81.5 Å². The highest BCUT2D eigenvalue weighted by Crippen LogP contribution is 2.13. The predicted molar refractivity (Wildman–Crippen MR) is 139 cm³/mol. The summed E-state index contributed by atoms with van der Waals surface area (Å²) in [4.78, 5) is 13.7.